The number of benzene rings is 2. The van der Waals surface area contributed by atoms with E-state index in [1.165, 1.54) is 25.7 Å². The van der Waals surface area contributed by atoms with Crippen LogP contribution >= 0.6 is 0 Å². The van der Waals surface area contributed by atoms with Crippen LogP contribution in [-0.4, -0.2) is 28.4 Å². The third-order valence-electron chi connectivity index (χ3n) is 6.62. The first kappa shape index (κ1) is 19.1. The van der Waals surface area contributed by atoms with Gasteiger partial charge in [-0.2, -0.15) is 0 Å². The van der Waals surface area contributed by atoms with Crippen molar-refractivity contribution in [2.75, 3.05) is 6.54 Å². The van der Waals surface area contributed by atoms with Crippen molar-refractivity contribution in [3.05, 3.63) is 66.6 Å². The molecule has 154 valence electrons. The monoisotopic (exact) mass is 400 g/mol. The lowest BCUT2D eigenvalue weighted by Gasteiger charge is -2.37. The molecule has 1 saturated carbocycles. The van der Waals surface area contributed by atoms with Crippen LogP contribution in [0.1, 0.15) is 44.4 Å². The summed E-state index contributed by atoms with van der Waals surface area (Å²) >= 11 is 0. The van der Waals surface area contributed by atoms with Crippen LogP contribution in [0.3, 0.4) is 0 Å². The Bertz CT molecular complexity index is 935. The molecule has 2 fully saturated rings. The van der Waals surface area contributed by atoms with E-state index in [2.05, 4.69) is 4.90 Å². The number of hydrogen-bond donors (Lipinski definition) is 0. The van der Waals surface area contributed by atoms with Gasteiger partial charge in [0.05, 0.1) is 0 Å². The van der Waals surface area contributed by atoms with E-state index in [4.69, 9.17) is 9.40 Å². The molecule has 1 saturated heterocycles. The molecular formula is C26H28N2O2. The van der Waals surface area contributed by atoms with Gasteiger partial charge in [0.15, 0.2) is 11.7 Å². The largest absolute Gasteiger partial charge is 0.440 e. The first-order chi connectivity index (χ1) is 14.8. The van der Waals surface area contributed by atoms with Crippen molar-refractivity contribution in [3.63, 3.8) is 0 Å². The van der Waals surface area contributed by atoms with Crippen molar-refractivity contribution >= 4 is 5.91 Å². The Morgan fingerprint density at radius 2 is 1.63 bits per heavy atom. The molecule has 30 heavy (non-hydrogen) atoms. The van der Waals surface area contributed by atoms with E-state index in [-0.39, 0.29) is 5.91 Å². The van der Waals surface area contributed by atoms with Crippen molar-refractivity contribution in [1.82, 2.24) is 9.88 Å². The highest BCUT2D eigenvalue weighted by Gasteiger charge is 2.37. The first-order valence-corrected chi connectivity index (χ1v) is 11.2. The van der Waals surface area contributed by atoms with Crippen LogP contribution in [0, 0.1) is 5.92 Å². The number of aryl methyl sites for hydroxylation is 1. The zero-order valence-corrected chi connectivity index (χ0v) is 17.3. The number of carbonyl (C=O) groups is 1. The second-order valence-corrected chi connectivity index (χ2v) is 8.51. The second kappa shape index (κ2) is 8.47. The minimum absolute atomic E-state index is 0.255. The number of aromatic nitrogens is 1. The topological polar surface area (TPSA) is 46.3 Å². The molecule has 4 heteroatoms. The predicted molar refractivity (Wildman–Crippen MR) is 118 cm³/mol. The number of nitrogens with zero attached hydrogens (tertiary/aromatic N) is 2. The Kier molecular flexibility index (Phi) is 5.39. The fourth-order valence-electron chi connectivity index (χ4n) is 4.82. The van der Waals surface area contributed by atoms with Crippen molar-refractivity contribution < 1.29 is 9.21 Å². The number of oxazole rings is 1. The van der Waals surface area contributed by atoms with E-state index in [0.717, 1.165) is 41.5 Å². The Labute approximate surface area is 177 Å². The average molecular weight is 401 g/mol. The fourth-order valence-corrected chi connectivity index (χ4v) is 4.82. The van der Waals surface area contributed by atoms with Gasteiger partial charge in [-0.05, 0) is 31.6 Å². The van der Waals surface area contributed by atoms with E-state index in [0.29, 0.717) is 24.8 Å². The maximum Gasteiger partial charge on any atom is 0.223 e. The summed E-state index contributed by atoms with van der Waals surface area (Å²) in [7, 11) is 0. The molecule has 1 atom stereocenters. The van der Waals surface area contributed by atoms with Gasteiger partial charge in [-0.3, -0.25) is 4.79 Å². The smallest absolute Gasteiger partial charge is 0.223 e. The van der Waals surface area contributed by atoms with Gasteiger partial charge >= 0.3 is 0 Å². The van der Waals surface area contributed by atoms with E-state index in [1.54, 1.807) is 0 Å². The molecule has 1 aliphatic heterocycles. The lowest BCUT2D eigenvalue weighted by Crippen LogP contribution is -2.42. The van der Waals surface area contributed by atoms with Crippen LogP contribution in [0.2, 0.25) is 0 Å². The third kappa shape index (κ3) is 3.79. The van der Waals surface area contributed by atoms with Gasteiger partial charge in [0.1, 0.15) is 5.69 Å². The van der Waals surface area contributed by atoms with Crippen LogP contribution in [0.25, 0.3) is 22.6 Å². The minimum Gasteiger partial charge on any atom is -0.440 e. The van der Waals surface area contributed by atoms with Gasteiger partial charge in [-0.25, -0.2) is 4.98 Å². The molecule has 0 spiro atoms. The lowest BCUT2D eigenvalue weighted by molar-refractivity contribution is -0.133. The zero-order chi connectivity index (χ0) is 20.3. The van der Waals surface area contributed by atoms with E-state index >= 15 is 0 Å². The molecule has 5 rings (SSSR count). The second-order valence-electron chi connectivity index (χ2n) is 8.51. The van der Waals surface area contributed by atoms with Crippen LogP contribution in [0.4, 0.5) is 0 Å². The highest BCUT2D eigenvalue weighted by molar-refractivity contribution is 5.78. The number of likely N-dealkylation sites (tertiary alicyclic amines) is 1. The van der Waals surface area contributed by atoms with Gasteiger partial charge in [-0.15, -0.1) is 0 Å². The van der Waals surface area contributed by atoms with E-state index < -0.39 is 0 Å². The molecule has 2 heterocycles. The van der Waals surface area contributed by atoms with E-state index in [9.17, 15) is 4.79 Å². The summed E-state index contributed by atoms with van der Waals surface area (Å²) in [6.45, 7) is 0.913. The molecular weight excluding hydrogens is 372 g/mol. The van der Waals surface area contributed by atoms with Gasteiger partial charge in [0.25, 0.3) is 0 Å². The Hall–Kier alpha value is -2.88. The molecule has 2 aliphatic rings. The maximum absolute atomic E-state index is 13.0. The van der Waals surface area contributed by atoms with E-state index in [1.807, 2.05) is 60.7 Å². The quantitative estimate of drug-likeness (QED) is 0.531. The summed E-state index contributed by atoms with van der Waals surface area (Å²) in [6.07, 6.45) is 7.22. The summed E-state index contributed by atoms with van der Waals surface area (Å²) in [4.78, 5) is 19.9. The van der Waals surface area contributed by atoms with Crippen molar-refractivity contribution in [2.45, 2.75) is 51.0 Å². The highest BCUT2D eigenvalue weighted by atomic mass is 16.4. The standard InChI is InChI=1S/C26H28N2O2/c29-24(28-18-8-15-22(28)19-13-7-14-19)17-16-23-27-25(20-9-3-1-4-10-20)26(30-23)21-11-5-2-6-12-21/h1-6,9-12,19,22H,7-8,13-18H2. The van der Waals surface area contributed by atoms with Crippen LogP contribution in [-0.2, 0) is 11.2 Å². The maximum atomic E-state index is 13.0. The minimum atomic E-state index is 0.255. The van der Waals surface area contributed by atoms with Gasteiger partial charge < -0.3 is 9.32 Å². The van der Waals surface area contributed by atoms with Crippen molar-refractivity contribution in [3.8, 4) is 22.6 Å². The Morgan fingerprint density at radius 3 is 2.30 bits per heavy atom. The third-order valence-corrected chi connectivity index (χ3v) is 6.62. The molecule has 1 unspecified atom stereocenters. The molecule has 2 aromatic carbocycles. The highest BCUT2D eigenvalue weighted by Crippen LogP contribution is 2.37. The van der Waals surface area contributed by atoms with Gasteiger partial charge in [-0.1, -0.05) is 67.1 Å². The number of hydrogen-bond acceptors (Lipinski definition) is 3. The zero-order valence-electron chi connectivity index (χ0n) is 17.3. The predicted octanol–water partition coefficient (Wildman–Crippen LogP) is 5.73. The Morgan fingerprint density at radius 1 is 0.933 bits per heavy atom. The molecule has 4 nitrogen and oxygen atoms in total. The summed E-state index contributed by atoms with van der Waals surface area (Å²) in [6, 6.07) is 20.7. The molecule has 0 radical (unpaired) electrons. The fraction of sp³-hybridized carbons (Fsp3) is 0.385. The SMILES string of the molecule is O=C(CCc1nc(-c2ccccc2)c(-c2ccccc2)o1)N1CCCC1C1CCC1. The van der Waals surface area contributed by atoms with Gasteiger partial charge in [0.2, 0.25) is 5.91 Å². The van der Waals surface area contributed by atoms with Crippen molar-refractivity contribution in [1.29, 1.82) is 0 Å². The number of amides is 1. The summed E-state index contributed by atoms with van der Waals surface area (Å²) in [5, 5.41) is 0. The number of rotatable bonds is 6. The first-order valence-electron chi connectivity index (χ1n) is 11.2. The number of carbonyl (C=O) groups excluding carboxylic acids is 1. The summed E-state index contributed by atoms with van der Waals surface area (Å²) < 4.78 is 6.19. The Balaban J connectivity index is 1.35. The molecule has 3 aromatic rings. The van der Waals surface area contributed by atoms with Crippen LogP contribution < -0.4 is 0 Å². The molecule has 0 bridgehead atoms. The van der Waals surface area contributed by atoms with Crippen molar-refractivity contribution in [2.24, 2.45) is 5.92 Å². The molecule has 1 amide bonds. The summed E-state index contributed by atoms with van der Waals surface area (Å²) in [5.41, 5.74) is 2.88. The normalized spacial score (nSPS) is 19.1. The van der Waals surface area contributed by atoms with Crippen LogP contribution in [0.5, 0.6) is 0 Å². The summed E-state index contributed by atoms with van der Waals surface area (Å²) in [5.74, 6) is 2.40. The lowest BCUT2D eigenvalue weighted by atomic mass is 9.79. The molecule has 1 aliphatic carbocycles. The van der Waals surface area contributed by atoms with Gasteiger partial charge in [0, 0.05) is 36.6 Å². The molecule has 0 N–H and O–H groups in total. The average Bonchev–Trinajstić information content (AvgIpc) is 3.40. The molecule has 1 aromatic heterocycles. The van der Waals surface area contributed by atoms with Crippen LogP contribution in [0.15, 0.2) is 65.1 Å².